The molecule has 0 aromatic carbocycles. The van der Waals surface area contributed by atoms with Gasteiger partial charge in [0.1, 0.15) is 0 Å². The molecule has 0 aromatic rings. The average Bonchev–Trinajstić information content (AvgIpc) is 2.42. The number of carbonyl (C=O) groups is 1. The predicted molar refractivity (Wildman–Crippen MR) is 72.0 cm³/mol. The highest BCUT2D eigenvalue weighted by Crippen LogP contribution is 2.50. The second kappa shape index (κ2) is 7.00. The average molecular weight is 243 g/mol. The van der Waals surface area contributed by atoms with Crippen molar-refractivity contribution in [3.05, 3.63) is 0 Å². The van der Waals surface area contributed by atoms with Crippen molar-refractivity contribution in [2.75, 3.05) is 20.2 Å². The van der Waals surface area contributed by atoms with Gasteiger partial charge in [0.25, 0.3) is 0 Å². The van der Waals surface area contributed by atoms with Gasteiger partial charge in [-0.1, -0.05) is 27.7 Å². The van der Waals surface area contributed by atoms with Crippen LogP contribution in [0.2, 0.25) is 0 Å². The minimum absolute atomic E-state index is 0.0476. The molecule has 3 fully saturated rings. The molecule has 3 aliphatic rings. The van der Waals surface area contributed by atoms with E-state index in [1.54, 1.807) is 14.0 Å². The number of hydrogen-bond acceptors (Lipinski definition) is 2. The molecule has 1 aliphatic carbocycles. The van der Waals surface area contributed by atoms with Gasteiger partial charge in [-0.15, -0.1) is 0 Å². The lowest BCUT2D eigenvalue weighted by molar-refractivity contribution is -0.203. The van der Waals surface area contributed by atoms with Gasteiger partial charge in [-0.25, -0.2) is 0 Å². The molecular formula is C14H29NO2. The van der Waals surface area contributed by atoms with E-state index in [1.807, 2.05) is 32.6 Å². The summed E-state index contributed by atoms with van der Waals surface area (Å²) in [5.74, 6) is 1.31. The zero-order chi connectivity index (χ0) is 13.6. The summed E-state index contributed by atoms with van der Waals surface area (Å²) in [6, 6.07) is 0. The van der Waals surface area contributed by atoms with E-state index in [0.29, 0.717) is 11.8 Å². The molecule has 2 unspecified atom stereocenters. The lowest BCUT2D eigenvalue weighted by Crippen LogP contribution is -2.66. The molecule has 2 saturated heterocycles. The number of hydrogen-bond donors (Lipinski definition) is 0. The highest BCUT2D eigenvalue weighted by atomic mass is 16.5. The van der Waals surface area contributed by atoms with Crippen LogP contribution in [0, 0.1) is 11.8 Å². The fourth-order valence-corrected chi connectivity index (χ4v) is 2.69. The molecule has 3 rings (SSSR count). The SMILES string of the molecule is CC.CC.COC1(C)C2CC1CN(C(C)=O)C2. The van der Waals surface area contributed by atoms with E-state index in [-0.39, 0.29) is 11.5 Å². The molecule has 2 aliphatic heterocycles. The first-order valence-corrected chi connectivity index (χ1v) is 6.88. The van der Waals surface area contributed by atoms with Crippen LogP contribution in [0.3, 0.4) is 0 Å². The molecule has 3 nitrogen and oxygen atoms in total. The van der Waals surface area contributed by atoms with Crippen molar-refractivity contribution in [1.29, 1.82) is 0 Å². The fourth-order valence-electron chi connectivity index (χ4n) is 2.69. The van der Waals surface area contributed by atoms with E-state index < -0.39 is 0 Å². The van der Waals surface area contributed by atoms with E-state index in [9.17, 15) is 4.79 Å². The third-order valence-corrected chi connectivity index (χ3v) is 3.96. The maximum atomic E-state index is 11.1. The van der Waals surface area contributed by atoms with E-state index in [1.165, 1.54) is 6.42 Å². The number of ether oxygens (including phenoxy) is 1. The van der Waals surface area contributed by atoms with Crippen molar-refractivity contribution in [1.82, 2.24) is 4.90 Å². The zero-order valence-electron chi connectivity index (χ0n) is 12.5. The van der Waals surface area contributed by atoms with E-state index in [0.717, 1.165) is 13.1 Å². The topological polar surface area (TPSA) is 29.5 Å². The Hall–Kier alpha value is -0.570. The van der Waals surface area contributed by atoms with Gasteiger partial charge in [0.05, 0.1) is 5.60 Å². The van der Waals surface area contributed by atoms with Gasteiger partial charge in [0, 0.05) is 39.0 Å². The first-order valence-electron chi connectivity index (χ1n) is 6.88. The van der Waals surface area contributed by atoms with Gasteiger partial charge in [0.2, 0.25) is 5.91 Å². The van der Waals surface area contributed by atoms with Gasteiger partial charge in [-0.3, -0.25) is 4.79 Å². The molecule has 102 valence electrons. The van der Waals surface area contributed by atoms with Crippen LogP contribution in [0.15, 0.2) is 0 Å². The van der Waals surface area contributed by atoms with Crippen LogP contribution in [0.4, 0.5) is 0 Å². The fraction of sp³-hybridized carbons (Fsp3) is 0.929. The molecule has 1 amide bonds. The number of carbonyl (C=O) groups excluding carboxylic acids is 1. The Kier molecular flexibility index (Phi) is 6.76. The molecular weight excluding hydrogens is 214 g/mol. The zero-order valence-corrected chi connectivity index (χ0v) is 12.5. The smallest absolute Gasteiger partial charge is 0.219 e. The molecule has 0 spiro atoms. The molecule has 2 heterocycles. The van der Waals surface area contributed by atoms with Crippen molar-refractivity contribution in [2.24, 2.45) is 11.8 Å². The third-order valence-electron chi connectivity index (χ3n) is 3.96. The predicted octanol–water partition coefficient (Wildman–Crippen LogP) is 2.94. The second-order valence-electron chi connectivity index (χ2n) is 4.44. The maximum Gasteiger partial charge on any atom is 0.219 e. The Morgan fingerprint density at radius 3 is 1.88 bits per heavy atom. The lowest BCUT2D eigenvalue weighted by atomic mass is 9.58. The first kappa shape index (κ1) is 16.4. The van der Waals surface area contributed by atoms with Crippen molar-refractivity contribution < 1.29 is 9.53 Å². The van der Waals surface area contributed by atoms with Crippen molar-refractivity contribution in [3.8, 4) is 0 Å². The molecule has 2 atom stereocenters. The quantitative estimate of drug-likeness (QED) is 0.708. The van der Waals surface area contributed by atoms with Crippen molar-refractivity contribution >= 4 is 5.91 Å². The Morgan fingerprint density at radius 1 is 1.18 bits per heavy atom. The van der Waals surface area contributed by atoms with Crippen LogP contribution in [0.5, 0.6) is 0 Å². The van der Waals surface area contributed by atoms with Gasteiger partial charge in [-0.2, -0.15) is 0 Å². The summed E-state index contributed by atoms with van der Waals surface area (Å²) in [6.45, 7) is 13.6. The molecule has 3 heteroatoms. The lowest BCUT2D eigenvalue weighted by Gasteiger charge is -2.59. The summed E-state index contributed by atoms with van der Waals surface area (Å²) in [6.07, 6.45) is 1.23. The van der Waals surface area contributed by atoms with E-state index in [2.05, 4.69) is 6.92 Å². The van der Waals surface area contributed by atoms with Crippen LogP contribution in [0.1, 0.15) is 48.0 Å². The first-order chi connectivity index (χ1) is 8.08. The number of methoxy groups -OCH3 is 1. The summed E-state index contributed by atoms with van der Waals surface area (Å²) < 4.78 is 5.53. The van der Waals surface area contributed by atoms with E-state index >= 15 is 0 Å². The molecule has 0 N–H and O–H groups in total. The van der Waals surface area contributed by atoms with Crippen LogP contribution >= 0.6 is 0 Å². The van der Waals surface area contributed by atoms with Crippen molar-refractivity contribution in [2.45, 2.75) is 53.6 Å². The van der Waals surface area contributed by atoms with Crippen LogP contribution in [-0.2, 0) is 9.53 Å². The van der Waals surface area contributed by atoms with Crippen LogP contribution in [0.25, 0.3) is 0 Å². The van der Waals surface area contributed by atoms with Crippen molar-refractivity contribution in [3.63, 3.8) is 0 Å². The summed E-state index contributed by atoms with van der Waals surface area (Å²) in [5.41, 5.74) is 0.0476. The highest BCUT2D eigenvalue weighted by Gasteiger charge is 2.56. The van der Waals surface area contributed by atoms with E-state index in [4.69, 9.17) is 4.74 Å². The van der Waals surface area contributed by atoms with Crippen LogP contribution < -0.4 is 0 Å². The normalized spacial score (nSPS) is 33.5. The monoisotopic (exact) mass is 243 g/mol. The second-order valence-corrected chi connectivity index (χ2v) is 4.44. The summed E-state index contributed by atoms with van der Waals surface area (Å²) in [5, 5.41) is 0. The molecule has 1 saturated carbocycles. The maximum absolute atomic E-state index is 11.1. The minimum atomic E-state index is 0.0476. The Morgan fingerprint density at radius 2 is 1.59 bits per heavy atom. The summed E-state index contributed by atoms with van der Waals surface area (Å²) >= 11 is 0. The number of rotatable bonds is 1. The Labute approximate surface area is 107 Å². The molecule has 2 bridgehead atoms. The molecule has 0 aromatic heterocycles. The van der Waals surface area contributed by atoms with Gasteiger partial charge >= 0.3 is 0 Å². The number of fused-ring (bicyclic) bond motifs is 2. The van der Waals surface area contributed by atoms with Gasteiger partial charge in [-0.05, 0) is 13.3 Å². The third kappa shape index (κ3) is 3.01. The van der Waals surface area contributed by atoms with Crippen LogP contribution in [-0.4, -0.2) is 36.6 Å². The Balaban J connectivity index is 0.000000581. The molecule has 0 radical (unpaired) electrons. The largest absolute Gasteiger partial charge is 0.378 e. The summed E-state index contributed by atoms with van der Waals surface area (Å²) in [7, 11) is 1.78. The Bertz CT molecular complexity index is 228. The highest BCUT2D eigenvalue weighted by molar-refractivity contribution is 5.73. The standard InChI is InChI=1S/C10H17NO2.2C2H6/c1-7(12)11-5-8-4-9(6-11)10(8,2)13-3;2*1-2/h8-9H,4-6H2,1-3H3;2*1-2H3. The minimum Gasteiger partial charge on any atom is -0.378 e. The summed E-state index contributed by atoms with van der Waals surface area (Å²) in [4.78, 5) is 13.1. The number of piperidine rings is 2. The van der Waals surface area contributed by atoms with Gasteiger partial charge in [0.15, 0.2) is 0 Å². The number of nitrogens with zero attached hydrogens (tertiary/aromatic N) is 1. The molecule has 17 heavy (non-hydrogen) atoms. The van der Waals surface area contributed by atoms with Gasteiger partial charge < -0.3 is 9.64 Å². The number of amides is 1.